The first-order valence-electron chi connectivity index (χ1n) is 10.5. The van der Waals surface area contributed by atoms with E-state index in [0.717, 1.165) is 16.0 Å². The smallest absolute Gasteiger partial charge is 0.258 e. The molecule has 3 rings (SSSR count). The average molecular weight is 485 g/mol. The van der Waals surface area contributed by atoms with Gasteiger partial charge in [-0.1, -0.05) is 42.5 Å². The molecule has 6 nitrogen and oxygen atoms in total. The Kier molecular flexibility index (Phi) is 8.55. The van der Waals surface area contributed by atoms with Gasteiger partial charge < -0.3 is 10.1 Å². The van der Waals surface area contributed by atoms with Crippen molar-refractivity contribution in [2.75, 3.05) is 19.9 Å². The molecule has 0 saturated carbocycles. The number of carbonyl (C=O) groups excluding carboxylic acids is 1. The SMILES string of the molecule is CSc1ccc(C(C)NC(=O)COc2ccc(S(=O)(=O)N(C)Cc3ccccc3)cc2)cc1. The summed E-state index contributed by atoms with van der Waals surface area (Å²) in [6.07, 6.45) is 2.02. The topological polar surface area (TPSA) is 75.7 Å². The van der Waals surface area contributed by atoms with E-state index in [2.05, 4.69) is 5.32 Å². The Hall–Kier alpha value is -2.81. The average Bonchev–Trinajstić information content (AvgIpc) is 2.83. The maximum Gasteiger partial charge on any atom is 0.258 e. The molecule has 0 heterocycles. The molecular weight excluding hydrogens is 456 g/mol. The van der Waals surface area contributed by atoms with Crippen LogP contribution in [0.15, 0.2) is 88.7 Å². The molecule has 1 N–H and O–H groups in total. The van der Waals surface area contributed by atoms with Gasteiger partial charge in [-0.2, -0.15) is 4.31 Å². The van der Waals surface area contributed by atoms with Crippen molar-refractivity contribution in [3.63, 3.8) is 0 Å². The van der Waals surface area contributed by atoms with Gasteiger partial charge in [0.1, 0.15) is 5.75 Å². The Bertz CT molecular complexity index is 1150. The zero-order chi connectivity index (χ0) is 23.8. The number of sulfonamides is 1. The summed E-state index contributed by atoms with van der Waals surface area (Å²) in [6, 6.07) is 23.4. The molecule has 1 amide bonds. The molecule has 8 heteroatoms. The zero-order valence-electron chi connectivity index (χ0n) is 18.9. The molecule has 174 valence electrons. The quantitative estimate of drug-likeness (QED) is 0.429. The van der Waals surface area contributed by atoms with Crippen LogP contribution in [0.2, 0.25) is 0 Å². The number of nitrogens with zero attached hydrogens (tertiary/aromatic N) is 1. The van der Waals surface area contributed by atoms with Crippen molar-refractivity contribution < 1.29 is 17.9 Å². The fraction of sp³-hybridized carbons (Fsp3) is 0.240. The molecule has 0 fully saturated rings. The highest BCUT2D eigenvalue weighted by Crippen LogP contribution is 2.21. The van der Waals surface area contributed by atoms with Crippen LogP contribution in [-0.4, -0.2) is 38.5 Å². The van der Waals surface area contributed by atoms with E-state index in [9.17, 15) is 13.2 Å². The first-order valence-corrected chi connectivity index (χ1v) is 13.1. The van der Waals surface area contributed by atoms with Crippen molar-refractivity contribution in [2.24, 2.45) is 0 Å². The predicted molar refractivity (Wildman–Crippen MR) is 132 cm³/mol. The summed E-state index contributed by atoms with van der Waals surface area (Å²) in [6.45, 7) is 2.03. The van der Waals surface area contributed by atoms with E-state index < -0.39 is 10.0 Å². The first kappa shape index (κ1) is 24.8. The minimum Gasteiger partial charge on any atom is -0.484 e. The molecule has 1 unspecified atom stereocenters. The molecule has 0 aliphatic heterocycles. The lowest BCUT2D eigenvalue weighted by molar-refractivity contribution is -0.123. The summed E-state index contributed by atoms with van der Waals surface area (Å²) in [7, 11) is -2.09. The van der Waals surface area contributed by atoms with Crippen molar-refractivity contribution in [3.8, 4) is 5.75 Å². The highest BCUT2D eigenvalue weighted by molar-refractivity contribution is 7.98. The number of hydrogen-bond donors (Lipinski definition) is 1. The first-order chi connectivity index (χ1) is 15.8. The summed E-state index contributed by atoms with van der Waals surface area (Å²) in [4.78, 5) is 13.6. The third kappa shape index (κ3) is 6.83. The Morgan fingerprint density at radius 3 is 2.24 bits per heavy atom. The summed E-state index contributed by atoms with van der Waals surface area (Å²) in [5.74, 6) is 0.169. The van der Waals surface area contributed by atoms with Gasteiger partial charge >= 0.3 is 0 Å². The van der Waals surface area contributed by atoms with Crippen LogP contribution >= 0.6 is 11.8 Å². The van der Waals surface area contributed by atoms with Crippen LogP contribution in [0.5, 0.6) is 5.75 Å². The van der Waals surface area contributed by atoms with Crippen LogP contribution in [0.3, 0.4) is 0 Å². The number of hydrogen-bond acceptors (Lipinski definition) is 5. The molecule has 0 bridgehead atoms. The van der Waals surface area contributed by atoms with Crippen molar-refractivity contribution in [3.05, 3.63) is 90.0 Å². The zero-order valence-corrected chi connectivity index (χ0v) is 20.5. The molecule has 0 aliphatic rings. The molecule has 0 aromatic heterocycles. The Morgan fingerprint density at radius 2 is 1.64 bits per heavy atom. The molecule has 1 atom stereocenters. The van der Waals surface area contributed by atoms with Crippen LogP contribution in [-0.2, 0) is 21.4 Å². The van der Waals surface area contributed by atoms with Gasteiger partial charge in [0, 0.05) is 18.5 Å². The lowest BCUT2D eigenvalue weighted by Crippen LogP contribution is -2.31. The van der Waals surface area contributed by atoms with Crippen LogP contribution in [0.1, 0.15) is 24.1 Å². The fourth-order valence-corrected chi connectivity index (χ4v) is 4.79. The minimum atomic E-state index is -3.64. The van der Waals surface area contributed by atoms with Crippen LogP contribution in [0.25, 0.3) is 0 Å². The summed E-state index contributed by atoms with van der Waals surface area (Å²) < 4.78 is 32.5. The van der Waals surface area contributed by atoms with Crippen molar-refractivity contribution in [1.82, 2.24) is 9.62 Å². The maximum atomic E-state index is 12.8. The second kappa shape index (κ2) is 11.4. The molecule has 0 saturated heterocycles. The second-order valence-corrected chi connectivity index (χ2v) is 10.5. The van der Waals surface area contributed by atoms with Gasteiger partial charge in [-0.3, -0.25) is 4.79 Å². The normalized spacial score (nSPS) is 12.4. The molecular formula is C25H28N2O4S2. The van der Waals surface area contributed by atoms with Gasteiger partial charge in [0.2, 0.25) is 10.0 Å². The van der Waals surface area contributed by atoms with E-state index in [-0.39, 0.29) is 30.0 Å². The van der Waals surface area contributed by atoms with Crippen molar-refractivity contribution >= 4 is 27.7 Å². The predicted octanol–water partition coefficient (Wildman–Crippen LogP) is 4.49. The number of amides is 1. The highest BCUT2D eigenvalue weighted by atomic mass is 32.2. The number of rotatable bonds is 10. The van der Waals surface area contributed by atoms with Gasteiger partial charge in [-0.05, 0) is 60.7 Å². The van der Waals surface area contributed by atoms with Gasteiger partial charge in [0.05, 0.1) is 10.9 Å². The Balaban J connectivity index is 1.53. The van der Waals surface area contributed by atoms with E-state index >= 15 is 0 Å². The lowest BCUT2D eigenvalue weighted by Gasteiger charge is -2.18. The van der Waals surface area contributed by atoms with Gasteiger partial charge in [0.25, 0.3) is 5.91 Å². The number of ether oxygens (including phenoxy) is 1. The van der Waals surface area contributed by atoms with E-state index in [1.54, 1.807) is 30.9 Å². The molecule has 0 spiro atoms. The van der Waals surface area contributed by atoms with Gasteiger partial charge in [0.15, 0.2) is 6.61 Å². The van der Waals surface area contributed by atoms with E-state index in [4.69, 9.17) is 4.74 Å². The lowest BCUT2D eigenvalue weighted by atomic mass is 10.1. The second-order valence-electron chi connectivity index (χ2n) is 7.57. The van der Waals surface area contributed by atoms with Crippen LogP contribution in [0.4, 0.5) is 0 Å². The highest BCUT2D eigenvalue weighted by Gasteiger charge is 2.21. The molecule has 33 heavy (non-hydrogen) atoms. The van der Waals surface area contributed by atoms with E-state index in [0.29, 0.717) is 5.75 Å². The number of benzene rings is 3. The monoisotopic (exact) mass is 484 g/mol. The Labute approximate surface area is 200 Å². The van der Waals surface area contributed by atoms with E-state index in [1.807, 2.05) is 67.8 Å². The summed E-state index contributed by atoms with van der Waals surface area (Å²) in [5.41, 5.74) is 1.92. The molecule has 3 aromatic rings. The minimum absolute atomic E-state index is 0.148. The van der Waals surface area contributed by atoms with E-state index in [1.165, 1.54) is 16.4 Å². The third-order valence-corrected chi connectivity index (χ3v) is 7.70. The molecule has 0 radical (unpaired) electrons. The van der Waals surface area contributed by atoms with Gasteiger partial charge in [-0.15, -0.1) is 11.8 Å². The number of nitrogens with one attached hydrogen (secondary N) is 1. The third-order valence-electron chi connectivity index (χ3n) is 5.14. The Morgan fingerprint density at radius 1 is 1.00 bits per heavy atom. The van der Waals surface area contributed by atoms with Gasteiger partial charge in [-0.25, -0.2) is 8.42 Å². The van der Waals surface area contributed by atoms with Crippen LogP contribution < -0.4 is 10.1 Å². The molecule has 3 aromatic carbocycles. The maximum absolute atomic E-state index is 12.8. The van der Waals surface area contributed by atoms with Crippen LogP contribution in [0, 0.1) is 0 Å². The molecule has 0 aliphatic carbocycles. The summed E-state index contributed by atoms with van der Waals surface area (Å²) >= 11 is 1.67. The largest absolute Gasteiger partial charge is 0.484 e. The number of thioether (sulfide) groups is 1. The number of carbonyl (C=O) groups is 1. The fourth-order valence-electron chi connectivity index (χ4n) is 3.22. The van der Waals surface area contributed by atoms with Crippen molar-refractivity contribution in [2.45, 2.75) is 29.3 Å². The van der Waals surface area contributed by atoms with Crippen molar-refractivity contribution in [1.29, 1.82) is 0 Å². The summed E-state index contributed by atoms with van der Waals surface area (Å²) in [5, 5.41) is 2.90. The standard InChI is InChI=1S/C25H28N2O4S2/c1-19(21-9-13-23(32-3)14-10-21)26-25(28)18-31-22-11-15-24(16-12-22)33(29,30)27(2)17-20-7-5-4-6-8-20/h4-16,19H,17-18H2,1-3H3,(H,26,28).